The lowest BCUT2D eigenvalue weighted by atomic mass is 10.2. The molecule has 7 heteroatoms. The van der Waals surface area contributed by atoms with Gasteiger partial charge in [0.15, 0.2) is 11.6 Å². The standard InChI is InChI=1S/C12H18N4O3/c1-5-9(18-6-2)11-13-14-12(17)16(11)10-7(3)15-19-8(10)4/h9H,5-6H2,1-4H3,(H,14,17)/t9-/m0/s1. The van der Waals surface area contributed by atoms with Gasteiger partial charge < -0.3 is 9.26 Å². The zero-order chi connectivity index (χ0) is 14.0. The largest absolute Gasteiger partial charge is 0.370 e. The van der Waals surface area contributed by atoms with E-state index in [4.69, 9.17) is 9.26 Å². The molecule has 7 nitrogen and oxygen atoms in total. The molecule has 0 saturated heterocycles. The second-order valence-corrected chi connectivity index (χ2v) is 4.25. The molecule has 0 spiro atoms. The summed E-state index contributed by atoms with van der Waals surface area (Å²) in [5, 5.41) is 10.4. The van der Waals surface area contributed by atoms with Crippen LogP contribution in [-0.2, 0) is 4.74 Å². The first-order valence-corrected chi connectivity index (χ1v) is 6.32. The number of aromatic nitrogens is 4. The normalized spacial score (nSPS) is 12.8. The number of nitrogens with zero attached hydrogens (tertiary/aromatic N) is 3. The van der Waals surface area contributed by atoms with Gasteiger partial charge >= 0.3 is 5.69 Å². The first-order chi connectivity index (χ1) is 9.10. The summed E-state index contributed by atoms with van der Waals surface area (Å²) in [4.78, 5) is 12.0. The Kier molecular flexibility index (Phi) is 3.84. The van der Waals surface area contributed by atoms with E-state index in [0.717, 1.165) is 6.42 Å². The van der Waals surface area contributed by atoms with Gasteiger partial charge in [-0.2, -0.15) is 5.10 Å². The second-order valence-electron chi connectivity index (χ2n) is 4.25. The quantitative estimate of drug-likeness (QED) is 0.889. The molecule has 2 rings (SSSR count). The second kappa shape index (κ2) is 5.40. The summed E-state index contributed by atoms with van der Waals surface area (Å²) < 4.78 is 12.2. The van der Waals surface area contributed by atoms with Crippen molar-refractivity contribution in [3.63, 3.8) is 0 Å². The number of rotatable bonds is 5. The smallest absolute Gasteiger partial charge is 0.348 e. The first-order valence-electron chi connectivity index (χ1n) is 6.32. The van der Waals surface area contributed by atoms with Gasteiger partial charge in [0.1, 0.15) is 17.5 Å². The van der Waals surface area contributed by atoms with Gasteiger partial charge in [-0.1, -0.05) is 12.1 Å². The average Bonchev–Trinajstić information content (AvgIpc) is 2.90. The Morgan fingerprint density at radius 3 is 2.68 bits per heavy atom. The van der Waals surface area contributed by atoms with Gasteiger partial charge in [0.25, 0.3) is 0 Å². The van der Waals surface area contributed by atoms with Crippen molar-refractivity contribution >= 4 is 0 Å². The Bertz CT molecular complexity index is 591. The number of H-pyrrole nitrogens is 1. The molecule has 0 aromatic carbocycles. The number of aryl methyl sites for hydroxylation is 2. The number of hydrogen-bond acceptors (Lipinski definition) is 5. The van der Waals surface area contributed by atoms with Crippen LogP contribution in [0.4, 0.5) is 0 Å². The van der Waals surface area contributed by atoms with E-state index in [1.54, 1.807) is 13.8 Å². The van der Waals surface area contributed by atoms with E-state index in [1.807, 2.05) is 13.8 Å². The lowest BCUT2D eigenvalue weighted by Gasteiger charge is -2.14. The van der Waals surface area contributed by atoms with Crippen molar-refractivity contribution in [1.82, 2.24) is 19.9 Å². The minimum atomic E-state index is -0.317. The third-order valence-electron chi connectivity index (χ3n) is 2.94. The van der Waals surface area contributed by atoms with Gasteiger partial charge in [-0.15, -0.1) is 0 Å². The third-order valence-corrected chi connectivity index (χ3v) is 2.94. The number of nitrogens with one attached hydrogen (secondary N) is 1. The van der Waals surface area contributed by atoms with E-state index in [-0.39, 0.29) is 11.8 Å². The van der Waals surface area contributed by atoms with Gasteiger partial charge in [0.05, 0.1) is 0 Å². The Balaban J connectivity index is 2.58. The Labute approximate surface area is 110 Å². The molecule has 19 heavy (non-hydrogen) atoms. The predicted octanol–water partition coefficient (Wildman–Crippen LogP) is 1.65. The van der Waals surface area contributed by atoms with Gasteiger partial charge in [0.2, 0.25) is 0 Å². The van der Waals surface area contributed by atoms with Crippen LogP contribution in [0.15, 0.2) is 9.32 Å². The Hall–Kier alpha value is -1.89. The molecule has 2 aromatic rings. The first kappa shape index (κ1) is 13.5. The van der Waals surface area contributed by atoms with Crippen LogP contribution in [0.5, 0.6) is 0 Å². The molecular formula is C12H18N4O3. The molecule has 0 saturated carbocycles. The number of hydrogen-bond donors (Lipinski definition) is 1. The summed E-state index contributed by atoms with van der Waals surface area (Å²) in [6.45, 7) is 8.00. The van der Waals surface area contributed by atoms with Crippen molar-refractivity contribution in [2.24, 2.45) is 0 Å². The highest BCUT2D eigenvalue weighted by molar-refractivity contribution is 5.39. The van der Waals surface area contributed by atoms with Gasteiger partial charge in [-0.25, -0.2) is 14.5 Å². The molecule has 0 aliphatic carbocycles. The fourth-order valence-electron chi connectivity index (χ4n) is 2.11. The zero-order valence-electron chi connectivity index (χ0n) is 11.6. The summed E-state index contributed by atoms with van der Waals surface area (Å²) in [7, 11) is 0. The fourth-order valence-corrected chi connectivity index (χ4v) is 2.11. The molecule has 104 valence electrons. The van der Waals surface area contributed by atoms with E-state index in [1.165, 1.54) is 4.57 Å². The molecule has 0 amide bonds. The highest BCUT2D eigenvalue weighted by Crippen LogP contribution is 2.23. The molecule has 1 atom stereocenters. The molecular weight excluding hydrogens is 248 g/mol. The van der Waals surface area contributed by atoms with E-state index in [2.05, 4.69) is 15.4 Å². The van der Waals surface area contributed by atoms with Crippen LogP contribution in [0.1, 0.15) is 43.7 Å². The maximum Gasteiger partial charge on any atom is 0.348 e. The van der Waals surface area contributed by atoms with E-state index >= 15 is 0 Å². The lowest BCUT2D eigenvalue weighted by molar-refractivity contribution is 0.0521. The number of ether oxygens (including phenoxy) is 1. The molecule has 2 aromatic heterocycles. The molecule has 0 aliphatic heterocycles. The topological polar surface area (TPSA) is 85.9 Å². The van der Waals surface area contributed by atoms with Crippen molar-refractivity contribution in [1.29, 1.82) is 0 Å². The van der Waals surface area contributed by atoms with Gasteiger partial charge in [0, 0.05) is 6.61 Å². The van der Waals surface area contributed by atoms with E-state index in [9.17, 15) is 4.79 Å². The van der Waals surface area contributed by atoms with Crippen LogP contribution in [0.2, 0.25) is 0 Å². The molecule has 2 heterocycles. The summed E-state index contributed by atoms with van der Waals surface area (Å²) in [5.41, 5.74) is 0.961. The molecule has 0 fully saturated rings. The van der Waals surface area contributed by atoms with Crippen molar-refractivity contribution in [2.45, 2.75) is 40.2 Å². The minimum Gasteiger partial charge on any atom is -0.370 e. The van der Waals surface area contributed by atoms with Crippen molar-refractivity contribution in [3.8, 4) is 5.69 Å². The fraction of sp³-hybridized carbons (Fsp3) is 0.583. The van der Waals surface area contributed by atoms with Crippen LogP contribution < -0.4 is 5.69 Å². The van der Waals surface area contributed by atoms with E-state index in [0.29, 0.717) is 29.6 Å². The molecule has 0 aliphatic rings. The minimum absolute atomic E-state index is 0.238. The lowest BCUT2D eigenvalue weighted by Crippen LogP contribution is -2.20. The SMILES string of the molecule is CCO[C@@H](CC)c1n[nH]c(=O)n1-c1c(C)noc1C. The molecule has 0 radical (unpaired) electrons. The highest BCUT2D eigenvalue weighted by atomic mass is 16.5. The predicted molar refractivity (Wildman–Crippen MR) is 68.4 cm³/mol. The van der Waals surface area contributed by atoms with Crippen LogP contribution in [0, 0.1) is 13.8 Å². The van der Waals surface area contributed by atoms with Crippen LogP contribution in [0.25, 0.3) is 5.69 Å². The maximum atomic E-state index is 12.0. The summed E-state index contributed by atoms with van der Waals surface area (Å²) in [6.07, 6.45) is 0.485. The van der Waals surface area contributed by atoms with E-state index < -0.39 is 0 Å². The average molecular weight is 266 g/mol. The van der Waals surface area contributed by atoms with Crippen molar-refractivity contribution < 1.29 is 9.26 Å². The van der Waals surface area contributed by atoms with Gasteiger partial charge in [-0.3, -0.25) is 0 Å². The highest BCUT2D eigenvalue weighted by Gasteiger charge is 2.23. The monoisotopic (exact) mass is 266 g/mol. The summed E-state index contributed by atoms with van der Waals surface area (Å²) in [6, 6.07) is 0. The van der Waals surface area contributed by atoms with Gasteiger partial charge in [-0.05, 0) is 27.2 Å². The van der Waals surface area contributed by atoms with Crippen LogP contribution in [0.3, 0.4) is 0 Å². The molecule has 1 N–H and O–H groups in total. The van der Waals surface area contributed by atoms with Crippen LogP contribution >= 0.6 is 0 Å². The maximum absolute atomic E-state index is 12.0. The summed E-state index contributed by atoms with van der Waals surface area (Å²) in [5.74, 6) is 1.12. The Morgan fingerprint density at radius 2 is 2.16 bits per heavy atom. The number of aromatic amines is 1. The summed E-state index contributed by atoms with van der Waals surface area (Å²) >= 11 is 0. The third kappa shape index (κ3) is 2.33. The Morgan fingerprint density at radius 1 is 1.42 bits per heavy atom. The molecule has 0 unspecified atom stereocenters. The van der Waals surface area contributed by atoms with Crippen LogP contribution in [-0.4, -0.2) is 26.5 Å². The van der Waals surface area contributed by atoms with Crippen molar-refractivity contribution in [3.05, 3.63) is 27.8 Å². The van der Waals surface area contributed by atoms with Crippen molar-refractivity contribution in [2.75, 3.05) is 6.61 Å². The zero-order valence-corrected chi connectivity index (χ0v) is 11.6. The molecule has 0 bridgehead atoms.